The first-order valence-electron chi connectivity index (χ1n) is 10.9. The van der Waals surface area contributed by atoms with Crippen LogP contribution in [0.5, 0.6) is 0 Å². The number of para-hydroxylation sites is 2. The van der Waals surface area contributed by atoms with Gasteiger partial charge in [0.2, 0.25) is 0 Å². The van der Waals surface area contributed by atoms with Crippen molar-refractivity contribution in [1.82, 2.24) is 14.8 Å². The number of H-pyrrole nitrogens is 2. The molecule has 2 heterocycles. The van der Waals surface area contributed by atoms with Gasteiger partial charge in [0.1, 0.15) is 6.04 Å². The Morgan fingerprint density at radius 3 is 2.28 bits per heavy atom. The third kappa shape index (κ3) is 4.59. The minimum absolute atomic E-state index is 0.271. The number of anilines is 5. The molecule has 4 aromatic rings. The van der Waals surface area contributed by atoms with Gasteiger partial charge >= 0.3 is 12.0 Å². The van der Waals surface area contributed by atoms with Crippen LogP contribution < -0.4 is 20.9 Å². The molecule has 12 heteroatoms. The van der Waals surface area contributed by atoms with E-state index in [2.05, 4.69) is 26.1 Å². The molecule has 1 aliphatic heterocycles. The Hall–Kier alpha value is -4.42. The maximum absolute atomic E-state index is 12.6. The molecule has 1 aliphatic rings. The van der Waals surface area contributed by atoms with Crippen molar-refractivity contribution in [2.45, 2.75) is 6.04 Å². The normalized spacial score (nSPS) is 14.4. The number of benzene rings is 3. The van der Waals surface area contributed by atoms with E-state index in [9.17, 15) is 14.7 Å². The fourth-order valence-electron chi connectivity index (χ4n) is 4.08. The number of hydrogen-bond acceptors (Lipinski definition) is 6. The average Bonchev–Trinajstić information content (AvgIpc) is 3.21. The van der Waals surface area contributed by atoms with Crippen LogP contribution >= 0.6 is 24.4 Å². The Morgan fingerprint density at radius 1 is 0.861 bits per heavy atom. The lowest BCUT2D eigenvalue weighted by Gasteiger charge is -2.37. The van der Waals surface area contributed by atoms with Crippen molar-refractivity contribution in [2.75, 3.05) is 27.4 Å². The Kier molecular flexibility index (Phi) is 6.27. The molecule has 0 radical (unpaired) electrons. The minimum Gasteiger partial charge on any atom is -0.480 e. The molecule has 0 fully saturated rings. The molecule has 6 N–H and O–H groups in total. The smallest absolute Gasteiger partial charge is 0.328 e. The Labute approximate surface area is 215 Å². The lowest BCUT2D eigenvalue weighted by molar-refractivity contribution is -0.138. The molecule has 10 nitrogen and oxygen atoms in total. The number of aromatic nitrogens is 3. The molecular weight excluding hydrogens is 498 g/mol. The molecule has 5 rings (SSSR count). The second-order valence-electron chi connectivity index (χ2n) is 7.99. The summed E-state index contributed by atoms with van der Waals surface area (Å²) < 4.78 is 2.48. The number of carboxylic acids is 1. The van der Waals surface area contributed by atoms with Crippen molar-refractivity contribution in [3.63, 3.8) is 0 Å². The summed E-state index contributed by atoms with van der Waals surface area (Å²) in [6.07, 6.45) is 0. The minimum atomic E-state index is -0.928. The number of aliphatic carboxylic acids is 1. The van der Waals surface area contributed by atoms with E-state index in [1.807, 2.05) is 30.3 Å². The standard InChI is InChI=1S/C24H21N7O3S2/c32-21(33)20-13-25-18-6-1-2-7-19(18)30(20)16-10-8-14(9-11-16)26-22(34)27-15-4-3-5-17(12-15)31-23(35)28-29-24(31)36/h1-12,20,25H,13H2,(H,28,35)(H,29,36)(H,32,33)(H2,26,27,34). The molecule has 1 unspecified atom stereocenters. The van der Waals surface area contributed by atoms with E-state index >= 15 is 0 Å². The molecule has 36 heavy (non-hydrogen) atoms. The van der Waals surface area contributed by atoms with Crippen LogP contribution in [0, 0.1) is 9.54 Å². The topological polar surface area (TPSA) is 130 Å². The number of hydrogen-bond donors (Lipinski definition) is 6. The fourth-order valence-corrected chi connectivity index (χ4v) is 4.64. The van der Waals surface area contributed by atoms with Crippen LogP contribution in [0.25, 0.3) is 5.69 Å². The van der Waals surface area contributed by atoms with Crippen LogP contribution in [0.1, 0.15) is 0 Å². The quantitative estimate of drug-likeness (QED) is 0.199. The SMILES string of the molecule is O=C(Nc1ccc(N2c3ccccc3NCC2C(=O)O)cc1)Nc1cccc(-n2c(=S)[nH][nH]c2=S)c1. The van der Waals surface area contributed by atoms with Crippen molar-refractivity contribution in [3.05, 3.63) is 82.3 Å². The lowest BCUT2D eigenvalue weighted by atomic mass is 10.1. The van der Waals surface area contributed by atoms with E-state index in [1.54, 1.807) is 51.9 Å². The number of rotatable bonds is 5. The summed E-state index contributed by atoms with van der Waals surface area (Å²) in [4.78, 5) is 26.3. The highest BCUT2D eigenvalue weighted by molar-refractivity contribution is 7.72. The summed E-state index contributed by atoms with van der Waals surface area (Å²) in [6, 6.07) is 20.5. The number of nitrogens with one attached hydrogen (secondary N) is 5. The second kappa shape index (κ2) is 9.68. The van der Waals surface area contributed by atoms with Gasteiger partial charge in [0.05, 0.1) is 17.1 Å². The highest BCUT2D eigenvalue weighted by Gasteiger charge is 2.32. The van der Waals surface area contributed by atoms with Gasteiger partial charge in [0, 0.05) is 23.6 Å². The number of nitrogens with zero attached hydrogens (tertiary/aromatic N) is 2. The molecule has 2 amide bonds. The molecule has 0 aliphatic carbocycles. The molecule has 0 spiro atoms. The van der Waals surface area contributed by atoms with Gasteiger partial charge in [-0.3, -0.25) is 14.8 Å². The number of urea groups is 1. The molecular formula is C24H21N7O3S2. The number of carbonyl (C=O) groups is 2. The third-order valence-corrected chi connectivity index (χ3v) is 6.26. The van der Waals surface area contributed by atoms with E-state index in [0.29, 0.717) is 32.3 Å². The summed E-state index contributed by atoms with van der Waals surface area (Å²) in [5.41, 5.74) is 4.15. The monoisotopic (exact) mass is 519 g/mol. The Bertz CT molecular complexity index is 1530. The number of amides is 2. The molecule has 0 bridgehead atoms. The molecule has 1 aromatic heterocycles. The first-order valence-corrected chi connectivity index (χ1v) is 11.8. The van der Waals surface area contributed by atoms with E-state index in [-0.39, 0.29) is 6.54 Å². The highest BCUT2D eigenvalue weighted by Crippen LogP contribution is 2.37. The zero-order chi connectivity index (χ0) is 25.2. The molecule has 0 saturated carbocycles. The van der Waals surface area contributed by atoms with Crippen LogP contribution in [-0.4, -0.2) is 44.5 Å². The van der Waals surface area contributed by atoms with Crippen LogP contribution in [0.4, 0.5) is 33.2 Å². The van der Waals surface area contributed by atoms with Crippen molar-refractivity contribution in [3.8, 4) is 5.69 Å². The van der Waals surface area contributed by atoms with E-state index in [1.165, 1.54) is 0 Å². The zero-order valence-corrected chi connectivity index (χ0v) is 20.3. The van der Waals surface area contributed by atoms with Gasteiger partial charge in [-0.2, -0.15) is 0 Å². The molecule has 0 saturated heterocycles. The predicted octanol–water partition coefficient (Wildman–Crippen LogP) is 5.25. The van der Waals surface area contributed by atoms with Crippen molar-refractivity contribution < 1.29 is 14.7 Å². The van der Waals surface area contributed by atoms with Crippen LogP contribution in [0.15, 0.2) is 72.8 Å². The van der Waals surface area contributed by atoms with E-state index in [0.717, 1.165) is 11.4 Å². The van der Waals surface area contributed by atoms with Crippen LogP contribution in [-0.2, 0) is 4.79 Å². The maximum Gasteiger partial charge on any atom is 0.328 e. The number of fused-ring (bicyclic) bond motifs is 1. The first-order chi connectivity index (χ1) is 17.4. The van der Waals surface area contributed by atoms with Gasteiger partial charge < -0.3 is 26.0 Å². The lowest BCUT2D eigenvalue weighted by Crippen LogP contribution is -2.46. The van der Waals surface area contributed by atoms with Crippen LogP contribution in [0.2, 0.25) is 0 Å². The predicted molar refractivity (Wildman–Crippen MR) is 144 cm³/mol. The summed E-state index contributed by atoms with van der Waals surface area (Å²) in [6.45, 7) is 0.271. The van der Waals surface area contributed by atoms with E-state index in [4.69, 9.17) is 24.4 Å². The largest absolute Gasteiger partial charge is 0.480 e. The Balaban J connectivity index is 1.32. The third-order valence-electron chi connectivity index (χ3n) is 5.69. The maximum atomic E-state index is 12.6. The highest BCUT2D eigenvalue weighted by atomic mass is 32.1. The average molecular weight is 520 g/mol. The Morgan fingerprint density at radius 2 is 1.56 bits per heavy atom. The summed E-state index contributed by atoms with van der Waals surface area (Å²) in [5.74, 6) is -0.928. The first kappa shape index (κ1) is 23.3. The summed E-state index contributed by atoms with van der Waals surface area (Å²) >= 11 is 10.5. The van der Waals surface area contributed by atoms with Gasteiger partial charge in [0.15, 0.2) is 9.54 Å². The summed E-state index contributed by atoms with van der Waals surface area (Å²) in [5, 5.41) is 24.1. The van der Waals surface area contributed by atoms with E-state index < -0.39 is 18.0 Å². The number of carboxylic acid groups (broad SMARTS) is 1. The van der Waals surface area contributed by atoms with Gasteiger partial charge in [-0.15, -0.1) is 0 Å². The van der Waals surface area contributed by atoms with Crippen molar-refractivity contribution in [2.24, 2.45) is 0 Å². The number of carbonyl (C=O) groups excluding carboxylic acids is 1. The van der Waals surface area contributed by atoms with Crippen molar-refractivity contribution >= 4 is 64.9 Å². The van der Waals surface area contributed by atoms with Gasteiger partial charge in [0.25, 0.3) is 0 Å². The molecule has 3 aromatic carbocycles. The van der Waals surface area contributed by atoms with Gasteiger partial charge in [-0.25, -0.2) is 9.59 Å². The fraction of sp³-hybridized carbons (Fsp3) is 0.0833. The van der Waals surface area contributed by atoms with Gasteiger partial charge in [-0.1, -0.05) is 18.2 Å². The zero-order valence-electron chi connectivity index (χ0n) is 18.7. The number of aromatic amines is 2. The summed E-state index contributed by atoms with van der Waals surface area (Å²) in [7, 11) is 0. The molecule has 182 valence electrons. The van der Waals surface area contributed by atoms with Crippen molar-refractivity contribution in [1.29, 1.82) is 0 Å². The second-order valence-corrected chi connectivity index (χ2v) is 8.77. The molecule has 1 atom stereocenters. The van der Waals surface area contributed by atoms with Gasteiger partial charge in [-0.05, 0) is 79.0 Å². The van der Waals surface area contributed by atoms with Crippen LogP contribution in [0.3, 0.4) is 0 Å².